The first-order chi connectivity index (χ1) is 19.0. The average molecular weight is 525 g/mol. The summed E-state index contributed by atoms with van der Waals surface area (Å²) in [4.78, 5) is 39.5. The number of benzene rings is 4. The molecule has 0 unspecified atom stereocenters. The number of methoxy groups -OCH3 is 2. The normalized spacial score (nSPS) is 10.3. The second-order valence-electron chi connectivity index (χ2n) is 8.57. The molecule has 0 fully saturated rings. The Balaban J connectivity index is 1.54. The van der Waals surface area contributed by atoms with E-state index < -0.39 is 11.9 Å². The summed E-state index contributed by atoms with van der Waals surface area (Å²) in [5.41, 5.74) is 2.22. The summed E-state index contributed by atoms with van der Waals surface area (Å²) in [6.45, 7) is 0.662. The second kappa shape index (κ2) is 12.9. The van der Waals surface area contributed by atoms with Crippen LogP contribution in [0.25, 0.3) is 0 Å². The van der Waals surface area contributed by atoms with Crippen molar-refractivity contribution in [1.82, 2.24) is 4.90 Å². The Morgan fingerprint density at radius 3 is 1.79 bits per heavy atom. The molecule has 0 saturated carbocycles. The van der Waals surface area contributed by atoms with Gasteiger partial charge in [0.1, 0.15) is 11.5 Å². The number of ether oxygens (including phenoxy) is 3. The predicted molar refractivity (Wildman–Crippen MR) is 147 cm³/mol. The number of para-hydroxylation sites is 1. The van der Waals surface area contributed by atoms with E-state index >= 15 is 0 Å². The fraction of sp³-hybridized carbons (Fsp3) is 0.129. The van der Waals surface area contributed by atoms with Gasteiger partial charge in [0.15, 0.2) is 0 Å². The van der Waals surface area contributed by atoms with Gasteiger partial charge in [-0.2, -0.15) is 0 Å². The number of urea groups is 1. The fourth-order valence-electron chi connectivity index (χ4n) is 3.90. The Bertz CT molecular complexity index is 1420. The van der Waals surface area contributed by atoms with E-state index in [-0.39, 0.29) is 17.2 Å². The van der Waals surface area contributed by atoms with E-state index in [0.717, 1.165) is 16.9 Å². The second-order valence-corrected chi connectivity index (χ2v) is 8.57. The highest BCUT2D eigenvalue weighted by atomic mass is 16.5. The molecular weight excluding hydrogens is 496 g/mol. The summed E-state index contributed by atoms with van der Waals surface area (Å²) >= 11 is 0. The summed E-state index contributed by atoms with van der Waals surface area (Å²) in [5, 5.41) is 2.83. The van der Waals surface area contributed by atoms with Crippen molar-refractivity contribution in [3.8, 4) is 11.5 Å². The van der Waals surface area contributed by atoms with Crippen LogP contribution in [-0.2, 0) is 22.6 Å². The molecule has 0 atom stereocenters. The summed E-state index contributed by atoms with van der Waals surface area (Å²) in [6.07, 6.45) is 0. The highest BCUT2D eigenvalue weighted by Gasteiger charge is 2.21. The molecule has 0 bridgehead atoms. The van der Waals surface area contributed by atoms with Crippen LogP contribution in [0.1, 0.15) is 31.8 Å². The van der Waals surface area contributed by atoms with Gasteiger partial charge in [0.2, 0.25) is 0 Å². The SMILES string of the molecule is COC(=O)c1ccc(NC(=O)N(Cc2ccccc2)Cc2ccc(Oc3ccccc3)cc2)cc1C(=O)OC. The third-order valence-electron chi connectivity index (χ3n) is 5.86. The van der Waals surface area contributed by atoms with Crippen molar-refractivity contribution in [2.24, 2.45) is 0 Å². The number of nitrogens with zero attached hydrogens (tertiary/aromatic N) is 1. The molecular formula is C31H28N2O6. The first-order valence-corrected chi connectivity index (χ1v) is 12.2. The maximum absolute atomic E-state index is 13.4. The number of rotatable bonds is 9. The molecule has 8 nitrogen and oxygen atoms in total. The van der Waals surface area contributed by atoms with Crippen molar-refractivity contribution in [3.63, 3.8) is 0 Å². The van der Waals surface area contributed by atoms with Gasteiger partial charge in [0.05, 0.1) is 25.3 Å². The van der Waals surface area contributed by atoms with E-state index in [1.807, 2.05) is 84.9 Å². The molecule has 0 aromatic heterocycles. The first kappa shape index (κ1) is 26.9. The summed E-state index contributed by atoms with van der Waals surface area (Å²) in [6, 6.07) is 30.6. The topological polar surface area (TPSA) is 94.2 Å². The van der Waals surface area contributed by atoms with E-state index in [9.17, 15) is 14.4 Å². The average Bonchev–Trinajstić information content (AvgIpc) is 2.98. The molecule has 198 valence electrons. The standard InChI is InChI=1S/C31H28N2O6/c1-37-29(34)27-18-15-24(19-28(27)30(35)38-2)32-31(36)33(20-22-9-5-3-6-10-22)21-23-13-16-26(17-14-23)39-25-11-7-4-8-12-25/h3-19H,20-21H2,1-2H3,(H,32,36). The van der Waals surface area contributed by atoms with Gasteiger partial charge in [0.25, 0.3) is 0 Å². The minimum atomic E-state index is -0.717. The Labute approximate surface area is 226 Å². The van der Waals surface area contributed by atoms with Crippen molar-refractivity contribution in [1.29, 1.82) is 0 Å². The Morgan fingerprint density at radius 1 is 0.641 bits per heavy atom. The monoisotopic (exact) mass is 524 g/mol. The number of carbonyl (C=O) groups excluding carboxylic acids is 3. The quantitative estimate of drug-likeness (QED) is 0.259. The number of carbonyl (C=O) groups is 3. The third kappa shape index (κ3) is 7.23. The number of nitrogens with one attached hydrogen (secondary N) is 1. The van der Waals surface area contributed by atoms with Crippen LogP contribution in [0.4, 0.5) is 10.5 Å². The Morgan fingerprint density at radius 2 is 1.18 bits per heavy atom. The van der Waals surface area contributed by atoms with Gasteiger partial charge in [-0.3, -0.25) is 0 Å². The van der Waals surface area contributed by atoms with Crippen LogP contribution in [0, 0.1) is 0 Å². The molecule has 0 spiro atoms. The van der Waals surface area contributed by atoms with Crippen LogP contribution in [0.2, 0.25) is 0 Å². The first-order valence-electron chi connectivity index (χ1n) is 12.2. The zero-order valence-electron chi connectivity index (χ0n) is 21.6. The predicted octanol–water partition coefficient (Wildman–Crippen LogP) is 6.29. The van der Waals surface area contributed by atoms with Gasteiger partial charge in [-0.15, -0.1) is 0 Å². The van der Waals surface area contributed by atoms with Gasteiger partial charge in [-0.25, -0.2) is 14.4 Å². The van der Waals surface area contributed by atoms with E-state index in [2.05, 4.69) is 5.32 Å². The molecule has 0 aliphatic carbocycles. The Kier molecular flexibility index (Phi) is 8.92. The summed E-state index contributed by atoms with van der Waals surface area (Å²) in [5.74, 6) is 0.0223. The third-order valence-corrected chi connectivity index (χ3v) is 5.86. The Hall–Kier alpha value is -5.11. The molecule has 0 radical (unpaired) electrons. The molecule has 0 aliphatic rings. The molecule has 39 heavy (non-hydrogen) atoms. The number of anilines is 1. The number of hydrogen-bond acceptors (Lipinski definition) is 6. The van der Waals surface area contributed by atoms with Crippen molar-refractivity contribution in [2.45, 2.75) is 13.1 Å². The summed E-state index contributed by atoms with van der Waals surface area (Å²) in [7, 11) is 2.44. The van der Waals surface area contributed by atoms with Crippen LogP contribution in [0.5, 0.6) is 11.5 Å². The molecule has 0 aliphatic heterocycles. The fourth-order valence-corrected chi connectivity index (χ4v) is 3.90. The highest BCUT2D eigenvalue weighted by Crippen LogP contribution is 2.23. The maximum atomic E-state index is 13.4. The lowest BCUT2D eigenvalue weighted by molar-refractivity contribution is 0.0555. The molecule has 2 amide bonds. The van der Waals surface area contributed by atoms with Crippen molar-refractivity contribution in [2.75, 3.05) is 19.5 Å². The van der Waals surface area contributed by atoms with Gasteiger partial charge in [-0.05, 0) is 53.6 Å². The summed E-state index contributed by atoms with van der Waals surface area (Å²) < 4.78 is 15.4. The van der Waals surface area contributed by atoms with Crippen LogP contribution in [0.15, 0.2) is 103 Å². The van der Waals surface area contributed by atoms with Crippen molar-refractivity contribution in [3.05, 3.63) is 125 Å². The van der Waals surface area contributed by atoms with Crippen LogP contribution in [-0.4, -0.2) is 37.1 Å². The smallest absolute Gasteiger partial charge is 0.338 e. The molecule has 1 N–H and O–H groups in total. The van der Waals surface area contributed by atoms with E-state index in [4.69, 9.17) is 14.2 Å². The maximum Gasteiger partial charge on any atom is 0.338 e. The number of hydrogen-bond donors (Lipinski definition) is 1. The number of esters is 2. The van der Waals surface area contributed by atoms with Crippen LogP contribution in [0.3, 0.4) is 0 Å². The zero-order chi connectivity index (χ0) is 27.6. The van der Waals surface area contributed by atoms with E-state index in [0.29, 0.717) is 24.5 Å². The van der Waals surface area contributed by atoms with E-state index in [1.54, 1.807) is 4.90 Å². The van der Waals surface area contributed by atoms with Gasteiger partial charge in [0, 0.05) is 18.8 Å². The largest absolute Gasteiger partial charge is 0.465 e. The molecule has 4 rings (SSSR count). The minimum Gasteiger partial charge on any atom is -0.465 e. The van der Waals surface area contributed by atoms with Gasteiger partial charge in [-0.1, -0.05) is 60.7 Å². The van der Waals surface area contributed by atoms with Gasteiger partial charge >= 0.3 is 18.0 Å². The molecule has 0 saturated heterocycles. The highest BCUT2D eigenvalue weighted by molar-refractivity contribution is 6.04. The van der Waals surface area contributed by atoms with E-state index in [1.165, 1.54) is 32.4 Å². The molecule has 0 heterocycles. The van der Waals surface area contributed by atoms with Crippen molar-refractivity contribution >= 4 is 23.7 Å². The lowest BCUT2D eigenvalue weighted by Gasteiger charge is -2.24. The lowest BCUT2D eigenvalue weighted by atomic mass is 10.1. The van der Waals surface area contributed by atoms with Crippen LogP contribution >= 0.6 is 0 Å². The molecule has 8 heteroatoms. The number of amides is 2. The van der Waals surface area contributed by atoms with Crippen molar-refractivity contribution < 1.29 is 28.6 Å². The van der Waals surface area contributed by atoms with Gasteiger partial charge < -0.3 is 24.4 Å². The minimum absolute atomic E-state index is 0.00855. The lowest BCUT2D eigenvalue weighted by Crippen LogP contribution is -2.34. The molecule has 4 aromatic rings. The van der Waals surface area contributed by atoms with Crippen LogP contribution < -0.4 is 10.1 Å². The zero-order valence-corrected chi connectivity index (χ0v) is 21.6. The molecule has 4 aromatic carbocycles.